The Balaban J connectivity index is 1.92. The average Bonchev–Trinajstić information content (AvgIpc) is 3.18. The number of halogens is 1. The molecule has 23 heavy (non-hydrogen) atoms. The molecule has 0 amide bonds. The third kappa shape index (κ3) is 6.08. The normalized spacial score (nSPS) is 17.4. The minimum absolute atomic E-state index is 0.373. The topological polar surface area (TPSA) is 45.7 Å². The van der Waals surface area contributed by atoms with Gasteiger partial charge in [-0.15, -0.1) is 11.3 Å². The maximum absolute atomic E-state index is 5.31. The zero-order chi connectivity index (χ0) is 16.5. The Labute approximate surface area is 152 Å². The van der Waals surface area contributed by atoms with Gasteiger partial charge in [-0.2, -0.15) is 0 Å². The van der Waals surface area contributed by atoms with Gasteiger partial charge in [-0.1, -0.05) is 12.8 Å². The fraction of sp³-hybridized carbons (Fsp3) is 0.706. The molecule has 4 nitrogen and oxygen atoms in total. The number of rotatable bonds is 8. The smallest absolute Gasteiger partial charge is 0.191 e. The van der Waals surface area contributed by atoms with Gasteiger partial charge in [0, 0.05) is 31.7 Å². The van der Waals surface area contributed by atoms with Crippen LogP contribution in [0.25, 0.3) is 0 Å². The van der Waals surface area contributed by atoms with E-state index in [1.165, 1.54) is 30.6 Å². The van der Waals surface area contributed by atoms with Gasteiger partial charge < -0.3 is 15.4 Å². The summed E-state index contributed by atoms with van der Waals surface area (Å²) in [6, 6.07) is 4.20. The van der Waals surface area contributed by atoms with E-state index >= 15 is 0 Å². The van der Waals surface area contributed by atoms with Gasteiger partial charge in [0.15, 0.2) is 5.96 Å². The Kier molecular flexibility index (Phi) is 7.86. The van der Waals surface area contributed by atoms with Crippen LogP contribution in [-0.2, 0) is 11.3 Å². The van der Waals surface area contributed by atoms with Gasteiger partial charge >= 0.3 is 0 Å². The second-order valence-corrected chi connectivity index (χ2v) is 8.75. The van der Waals surface area contributed by atoms with E-state index in [0.29, 0.717) is 5.41 Å². The maximum atomic E-state index is 5.31. The molecular formula is C17H28BrN3OS. The van der Waals surface area contributed by atoms with E-state index < -0.39 is 0 Å². The van der Waals surface area contributed by atoms with Gasteiger partial charge in [0.05, 0.1) is 10.3 Å². The first-order valence-electron chi connectivity index (χ1n) is 8.43. The molecule has 0 unspecified atom stereocenters. The highest BCUT2D eigenvalue weighted by molar-refractivity contribution is 9.11. The lowest BCUT2D eigenvalue weighted by Crippen LogP contribution is -2.43. The summed E-state index contributed by atoms with van der Waals surface area (Å²) in [7, 11) is 1.79. The predicted octanol–water partition coefficient (Wildman–Crippen LogP) is 4.16. The number of thiophene rings is 1. The van der Waals surface area contributed by atoms with E-state index in [9.17, 15) is 0 Å². The molecule has 1 aromatic rings. The van der Waals surface area contributed by atoms with Crippen molar-refractivity contribution in [1.82, 2.24) is 10.6 Å². The van der Waals surface area contributed by atoms with Gasteiger partial charge in [-0.05, 0) is 59.7 Å². The molecule has 6 heteroatoms. The van der Waals surface area contributed by atoms with Gasteiger partial charge in [-0.25, -0.2) is 4.99 Å². The number of hydrogen-bond donors (Lipinski definition) is 2. The Hall–Kier alpha value is -0.590. The second-order valence-electron chi connectivity index (χ2n) is 6.20. The third-order valence-electron chi connectivity index (χ3n) is 4.50. The molecular weight excluding hydrogens is 374 g/mol. The summed E-state index contributed by atoms with van der Waals surface area (Å²) >= 11 is 5.24. The summed E-state index contributed by atoms with van der Waals surface area (Å²) in [5, 5.41) is 6.92. The first-order chi connectivity index (χ1) is 11.2. The van der Waals surface area contributed by atoms with Crippen molar-refractivity contribution < 1.29 is 4.74 Å². The first kappa shape index (κ1) is 18.7. The molecule has 1 aliphatic carbocycles. The highest BCUT2D eigenvalue weighted by Gasteiger charge is 2.33. The molecule has 1 saturated carbocycles. The number of methoxy groups -OCH3 is 1. The van der Waals surface area contributed by atoms with Crippen LogP contribution >= 0.6 is 27.3 Å². The molecule has 0 aromatic carbocycles. The van der Waals surface area contributed by atoms with E-state index in [0.717, 1.165) is 42.4 Å². The molecule has 0 saturated heterocycles. The number of ether oxygens (including phenoxy) is 1. The number of hydrogen-bond acceptors (Lipinski definition) is 3. The lowest BCUT2D eigenvalue weighted by Gasteiger charge is -2.30. The molecule has 0 bridgehead atoms. The molecule has 2 rings (SSSR count). The number of nitrogens with one attached hydrogen (secondary N) is 2. The monoisotopic (exact) mass is 401 g/mol. The van der Waals surface area contributed by atoms with Crippen molar-refractivity contribution in [3.05, 3.63) is 20.8 Å². The molecule has 1 aromatic heterocycles. The van der Waals surface area contributed by atoms with Crippen molar-refractivity contribution in [3.63, 3.8) is 0 Å². The van der Waals surface area contributed by atoms with Gasteiger partial charge in [0.25, 0.3) is 0 Å². The van der Waals surface area contributed by atoms with Crippen molar-refractivity contribution >= 4 is 33.2 Å². The summed E-state index contributed by atoms with van der Waals surface area (Å²) < 4.78 is 6.47. The van der Waals surface area contributed by atoms with Crippen molar-refractivity contribution in [2.75, 3.05) is 26.8 Å². The molecule has 0 aliphatic heterocycles. The quantitative estimate of drug-likeness (QED) is 0.507. The predicted molar refractivity (Wildman–Crippen MR) is 102 cm³/mol. The second kappa shape index (κ2) is 9.64. The third-order valence-corrected chi connectivity index (χ3v) is 6.11. The molecule has 1 heterocycles. The van der Waals surface area contributed by atoms with Crippen LogP contribution in [0.2, 0.25) is 0 Å². The molecule has 2 N–H and O–H groups in total. The number of aliphatic imine (C=N–C) groups is 1. The van der Waals surface area contributed by atoms with Crippen molar-refractivity contribution in [1.29, 1.82) is 0 Å². The van der Waals surface area contributed by atoms with E-state index in [4.69, 9.17) is 9.73 Å². The Bertz CT molecular complexity index is 498. The standard InChI is InChI=1S/C17H28BrN3OS/c1-3-19-16(20-12-14-6-7-15(18)23-14)21-13-17(10-11-22-2)8-4-5-9-17/h6-7H,3-5,8-13H2,1-2H3,(H2,19,20,21). The first-order valence-corrected chi connectivity index (χ1v) is 10.0. The Morgan fingerprint density at radius 1 is 1.35 bits per heavy atom. The molecule has 1 aliphatic rings. The summed E-state index contributed by atoms with van der Waals surface area (Å²) in [5.74, 6) is 0.917. The highest BCUT2D eigenvalue weighted by atomic mass is 79.9. The zero-order valence-corrected chi connectivity index (χ0v) is 16.6. The zero-order valence-electron chi connectivity index (χ0n) is 14.2. The van der Waals surface area contributed by atoms with Crippen LogP contribution in [-0.4, -0.2) is 32.8 Å². The van der Waals surface area contributed by atoms with E-state index in [1.807, 2.05) is 0 Å². The summed E-state index contributed by atoms with van der Waals surface area (Å²) in [4.78, 5) is 5.99. The van der Waals surface area contributed by atoms with Gasteiger partial charge in [0.1, 0.15) is 0 Å². The van der Waals surface area contributed by atoms with Crippen LogP contribution in [0.3, 0.4) is 0 Å². The van der Waals surface area contributed by atoms with Crippen LogP contribution < -0.4 is 10.6 Å². The molecule has 130 valence electrons. The van der Waals surface area contributed by atoms with Crippen LogP contribution in [0.15, 0.2) is 20.9 Å². The van der Waals surface area contributed by atoms with Crippen molar-refractivity contribution in [2.45, 2.75) is 45.6 Å². The average molecular weight is 402 g/mol. The van der Waals surface area contributed by atoms with Crippen molar-refractivity contribution in [3.8, 4) is 0 Å². The van der Waals surface area contributed by atoms with E-state index in [1.54, 1.807) is 18.4 Å². The summed E-state index contributed by atoms with van der Waals surface area (Å²) in [5.41, 5.74) is 0.373. The molecule has 0 radical (unpaired) electrons. The molecule has 0 spiro atoms. The highest BCUT2D eigenvalue weighted by Crippen LogP contribution is 2.40. The largest absolute Gasteiger partial charge is 0.385 e. The van der Waals surface area contributed by atoms with Crippen LogP contribution in [0.1, 0.15) is 43.9 Å². The fourth-order valence-electron chi connectivity index (χ4n) is 3.17. The van der Waals surface area contributed by atoms with E-state index in [2.05, 4.69) is 45.6 Å². The van der Waals surface area contributed by atoms with Crippen molar-refractivity contribution in [2.24, 2.45) is 10.4 Å². The maximum Gasteiger partial charge on any atom is 0.191 e. The summed E-state index contributed by atoms with van der Waals surface area (Å²) in [6.45, 7) is 5.53. The Morgan fingerprint density at radius 2 is 2.13 bits per heavy atom. The minimum Gasteiger partial charge on any atom is -0.385 e. The summed E-state index contributed by atoms with van der Waals surface area (Å²) in [6.07, 6.45) is 6.39. The lowest BCUT2D eigenvalue weighted by atomic mass is 9.83. The SMILES string of the molecule is CCNC(=NCc1ccc(Br)s1)NCC1(CCOC)CCCC1. The fourth-order valence-corrected chi connectivity index (χ4v) is 4.57. The Morgan fingerprint density at radius 3 is 2.74 bits per heavy atom. The van der Waals surface area contributed by atoms with Crippen LogP contribution in [0.4, 0.5) is 0 Å². The van der Waals surface area contributed by atoms with E-state index in [-0.39, 0.29) is 0 Å². The van der Waals surface area contributed by atoms with Crippen LogP contribution in [0.5, 0.6) is 0 Å². The number of guanidine groups is 1. The molecule has 0 atom stereocenters. The molecule has 1 fully saturated rings. The van der Waals surface area contributed by atoms with Gasteiger partial charge in [-0.3, -0.25) is 0 Å². The van der Waals surface area contributed by atoms with Crippen LogP contribution in [0, 0.1) is 5.41 Å². The van der Waals surface area contributed by atoms with Gasteiger partial charge in [0.2, 0.25) is 0 Å². The number of nitrogens with zero attached hydrogens (tertiary/aromatic N) is 1. The lowest BCUT2D eigenvalue weighted by molar-refractivity contribution is 0.138. The minimum atomic E-state index is 0.373.